The molecule has 3 rings (SSSR count). The molecule has 2 heterocycles. The number of morpholine rings is 1. The average Bonchev–Trinajstić information content (AvgIpc) is 2.66. The minimum atomic E-state index is -0.00470. The van der Waals surface area contributed by atoms with Crippen molar-refractivity contribution in [3.8, 4) is 11.5 Å². The van der Waals surface area contributed by atoms with Crippen molar-refractivity contribution >= 4 is 17.5 Å². The lowest BCUT2D eigenvalue weighted by Crippen LogP contribution is -2.48. The van der Waals surface area contributed by atoms with E-state index in [9.17, 15) is 4.79 Å². The van der Waals surface area contributed by atoms with Gasteiger partial charge in [0.15, 0.2) is 11.5 Å². The molecule has 2 saturated heterocycles. The monoisotopic (exact) mass is 410 g/mol. The highest BCUT2D eigenvalue weighted by molar-refractivity contribution is 6.32. The summed E-state index contributed by atoms with van der Waals surface area (Å²) in [5.41, 5.74) is 0.539. The average molecular weight is 411 g/mol. The second kappa shape index (κ2) is 9.33. The number of halogens is 1. The summed E-state index contributed by atoms with van der Waals surface area (Å²) in [6.45, 7) is 8.88. The first-order valence-electron chi connectivity index (χ1n) is 9.99. The summed E-state index contributed by atoms with van der Waals surface area (Å²) in [5, 5.41) is 0.385. The molecule has 1 aromatic carbocycles. The summed E-state index contributed by atoms with van der Waals surface area (Å²) in [4.78, 5) is 17.4. The molecule has 6 nitrogen and oxygen atoms in total. The standard InChI is InChI=1S/C21H31ClN2O4/c1-14-11-23(12-15(2)28-14)13-16-5-7-24(8-6-16)21(25)17-9-18(22)20(27-4)19(10-17)26-3/h9-10,14-16H,5-8,11-13H2,1-4H3. The van der Waals surface area contributed by atoms with Gasteiger partial charge in [0.2, 0.25) is 0 Å². The van der Waals surface area contributed by atoms with Gasteiger partial charge in [-0.2, -0.15) is 0 Å². The largest absolute Gasteiger partial charge is 0.493 e. The Balaban J connectivity index is 1.57. The maximum atomic E-state index is 12.9. The summed E-state index contributed by atoms with van der Waals surface area (Å²) < 4.78 is 16.4. The van der Waals surface area contributed by atoms with E-state index in [1.165, 1.54) is 7.11 Å². The second-order valence-corrected chi connectivity index (χ2v) is 8.31. The third kappa shape index (κ3) is 4.91. The number of amides is 1. The van der Waals surface area contributed by atoms with E-state index in [4.69, 9.17) is 25.8 Å². The molecular formula is C21H31ClN2O4. The maximum absolute atomic E-state index is 12.9. The number of likely N-dealkylation sites (tertiary alicyclic amines) is 1. The molecule has 0 saturated carbocycles. The van der Waals surface area contributed by atoms with E-state index < -0.39 is 0 Å². The molecule has 2 fully saturated rings. The fraction of sp³-hybridized carbons (Fsp3) is 0.667. The molecule has 0 aliphatic carbocycles. The maximum Gasteiger partial charge on any atom is 0.254 e. The molecule has 1 aromatic rings. The molecule has 28 heavy (non-hydrogen) atoms. The van der Waals surface area contributed by atoms with Gasteiger partial charge in [-0.3, -0.25) is 9.69 Å². The van der Waals surface area contributed by atoms with Crippen LogP contribution in [0.3, 0.4) is 0 Å². The molecule has 2 aliphatic rings. The van der Waals surface area contributed by atoms with Crippen molar-refractivity contribution in [2.24, 2.45) is 5.92 Å². The Hall–Kier alpha value is -1.50. The van der Waals surface area contributed by atoms with Crippen molar-refractivity contribution in [2.75, 3.05) is 46.9 Å². The predicted octanol–water partition coefficient (Wildman–Crippen LogP) is 3.32. The Morgan fingerprint density at radius 2 is 1.79 bits per heavy atom. The van der Waals surface area contributed by atoms with E-state index in [0.29, 0.717) is 40.2 Å². The van der Waals surface area contributed by atoms with Crippen LogP contribution in [-0.2, 0) is 4.74 Å². The number of piperidine rings is 1. The normalized spacial score (nSPS) is 24.2. The van der Waals surface area contributed by atoms with Crippen molar-refractivity contribution < 1.29 is 19.0 Å². The Bertz CT molecular complexity index is 681. The van der Waals surface area contributed by atoms with E-state index in [0.717, 1.165) is 45.6 Å². The number of hydrogen-bond acceptors (Lipinski definition) is 5. The SMILES string of the molecule is COc1cc(C(=O)N2CCC(CN3CC(C)OC(C)C3)CC2)cc(Cl)c1OC. The number of benzene rings is 1. The third-order valence-electron chi connectivity index (χ3n) is 5.59. The van der Waals surface area contributed by atoms with Gasteiger partial charge in [-0.1, -0.05) is 11.6 Å². The van der Waals surface area contributed by atoms with Gasteiger partial charge in [-0.05, 0) is 44.7 Å². The zero-order valence-electron chi connectivity index (χ0n) is 17.2. The molecule has 2 aliphatic heterocycles. The van der Waals surface area contributed by atoms with Crippen LogP contribution >= 0.6 is 11.6 Å². The second-order valence-electron chi connectivity index (χ2n) is 7.91. The van der Waals surface area contributed by atoms with Crippen LogP contribution < -0.4 is 9.47 Å². The van der Waals surface area contributed by atoms with Gasteiger partial charge in [-0.25, -0.2) is 0 Å². The smallest absolute Gasteiger partial charge is 0.254 e. The number of hydrogen-bond donors (Lipinski definition) is 0. The van der Waals surface area contributed by atoms with Crippen LogP contribution in [-0.4, -0.2) is 74.9 Å². The Kier molecular flexibility index (Phi) is 7.07. The van der Waals surface area contributed by atoms with Crippen LogP contribution in [0.25, 0.3) is 0 Å². The van der Waals surface area contributed by atoms with Gasteiger partial charge in [0.25, 0.3) is 5.91 Å². The number of methoxy groups -OCH3 is 2. The minimum Gasteiger partial charge on any atom is -0.493 e. The van der Waals surface area contributed by atoms with Crippen molar-refractivity contribution in [1.29, 1.82) is 0 Å². The first-order chi connectivity index (χ1) is 13.4. The van der Waals surface area contributed by atoms with Crippen LogP contribution in [0.4, 0.5) is 0 Å². The van der Waals surface area contributed by atoms with Gasteiger partial charge in [-0.15, -0.1) is 0 Å². The number of rotatable bonds is 5. The molecule has 2 atom stereocenters. The van der Waals surface area contributed by atoms with Crippen molar-refractivity contribution in [3.05, 3.63) is 22.7 Å². The van der Waals surface area contributed by atoms with E-state index in [1.54, 1.807) is 19.2 Å². The molecule has 2 unspecified atom stereocenters. The fourth-order valence-corrected chi connectivity index (χ4v) is 4.63. The third-order valence-corrected chi connectivity index (χ3v) is 5.87. The molecular weight excluding hydrogens is 380 g/mol. The molecule has 0 bridgehead atoms. The lowest BCUT2D eigenvalue weighted by atomic mass is 9.95. The highest BCUT2D eigenvalue weighted by Gasteiger charge is 2.29. The molecule has 156 valence electrons. The van der Waals surface area contributed by atoms with Crippen LogP contribution in [0.1, 0.15) is 37.0 Å². The first-order valence-corrected chi connectivity index (χ1v) is 10.4. The van der Waals surface area contributed by atoms with Crippen LogP contribution in [0.5, 0.6) is 11.5 Å². The highest BCUT2D eigenvalue weighted by Crippen LogP contribution is 2.36. The Morgan fingerprint density at radius 1 is 1.14 bits per heavy atom. The number of ether oxygens (including phenoxy) is 3. The summed E-state index contributed by atoms with van der Waals surface area (Å²) in [6, 6.07) is 3.36. The van der Waals surface area contributed by atoms with Crippen LogP contribution in [0.15, 0.2) is 12.1 Å². The van der Waals surface area contributed by atoms with Crippen molar-refractivity contribution in [2.45, 2.75) is 38.9 Å². The zero-order valence-corrected chi connectivity index (χ0v) is 18.0. The number of nitrogens with zero attached hydrogens (tertiary/aromatic N) is 2. The lowest BCUT2D eigenvalue weighted by Gasteiger charge is -2.39. The Morgan fingerprint density at radius 3 is 2.36 bits per heavy atom. The molecule has 7 heteroatoms. The number of carbonyl (C=O) groups excluding carboxylic acids is 1. The zero-order chi connectivity index (χ0) is 20.3. The molecule has 0 spiro atoms. The van der Waals surface area contributed by atoms with Gasteiger partial charge >= 0.3 is 0 Å². The van der Waals surface area contributed by atoms with E-state index in [2.05, 4.69) is 18.7 Å². The van der Waals surface area contributed by atoms with E-state index in [1.807, 2.05) is 4.90 Å². The fourth-order valence-electron chi connectivity index (χ4n) is 4.34. The summed E-state index contributed by atoms with van der Waals surface area (Å²) in [6.07, 6.45) is 2.63. The molecule has 0 aromatic heterocycles. The highest BCUT2D eigenvalue weighted by atomic mass is 35.5. The van der Waals surface area contributed by atoms with Crippen molar-refractivity contribution in [1.82, 2.24) is 9.80 Å². The summed E-state index contributed by atoms with van der Waals surface area (Å²) >= 11 is 6.26. The van der Waals surface area contributed by atoms with Crippen LogP contribution in [0.2, 0.25) is 5.02 Å². The van der Waals surface area contributed by atoms with Crippen molar-refractivity contribution in [3.63, 3.8) is 0 Å². The van der Waals surface area contributed by atoms with E-state index in [-0.39, 0.29) is 5.91 Å². The van der Waals surface area contributed by atoms with Gasteiger partial charge in [0.1, 0.15) is 0 Å². The number of carbonyl (C=O) groups is 1. The van der Waals surface area contributed by atoms with Gasteiger partial charge in [0, 0.05) is 38.3 Å². The van der Waals surface area contributed by atoms with Crippen LogP contribution in [0, 0.1) is 5.92 Å². The quantitative estimate of drug-likeness (QED) is 0.745. The summed E-state index contributed by atoms with van der Waals surface area (Å²) in [5.74, 6) is 1.54. The Labute approximate surface area is 172 Å². The molecule has 1 amide bonds. The van der Waals surface area contributed by atoms with E-state index >= 15 is 0 Å². The molecule has 0 radical (unpaired) electrons. The first kappa shape index (κ1) is 21.2. The topological polar surface area (TPSA) is 51.2 Å². The van der Waals surface area contributed by atoms with Gasteiger partial charge in [0.05, 0.1) is 31.5 Å². The minimum absolute atomic E-state index is 0.00470. The lowest BCUT2D eigenvalue weighted by molar-refractivity contribution is -0.0728. The predicted molar refractivity (Wildman–Crippen MR) is 110 cm³/mol. The summed E-state index contributed by atoms with van der Waals surface area (Å²) in [7, 11) is 3.08. The molecule has 0 N–H and O–H groups in total. The van der Waals surface area contributed by atoms with Gasteiger partial charge < -0.3 is 19.1 Å².